The Morgan fingerprint density at radius 2 is 2.00 bits per heavy atom. The van der Waals surface area contributed by atoms with E-state index in [4.69, 9.17) is 9.84 Å². The Labute approximate surface area is 125 Å². The van der Waals surface area contributed by atoms with Crippen LogP contribution in [0.4, 0.5) is 4.79 Å². The van der Waals surface area contributed by atoms with Gasteiger partial charge in [0.2, 0.25) is 5.82 Å². The number of nitrogens with zero attached hydrogens (tertiary/aromatic N) is 4. The highest BCUT2D eigenvalue weighted by molar-refractivity contribution is 5.83. The summed E-state index contributed by atoms with van der Waals surface area (Å²) < 4.78 is 6.52. The SMILES string of the molecule is O=C(O)c1ncnn1C1CN(C(=O)OCc2ccccc2)C1. The van der Waals surface area contributed by atoms with Gasteiger partial charge >= 0.3 is 12.1 Å². The summed E-state index contributed by atoms with van der Waals surface area (Å²) in [5.74, 6) is -1.26. The summed E-state index contributed by atoms with van der Waals surface area (Å²) in [7, 11) is 0. The Kier molecular flexibility index (Phi) is 3.73. The fourth-order valence-electron chi connectivity index (χ4n) is 2.24. The van der Waals surface area contributed by atoms with Crippen LogP contribution in [0.2, 0.25) is 0 Å². The molecule has 0 unspecified atom stereocenters. The molecule has 1 fully saturated rings. The van der Waals surface area contributed by atoms with Crippen molar-refractivity contribution in [3.63, 3.8) is 0 Å². The lowest BCUT2D eigenvalue weighted by Crippen LogP contribution is -2.51. The van der Waals surface area contributed by atoms with Crippen molar-refractivity contribution in [2.45, 2.75) is 12.6 Å². The van der Waals surface area contributed by atoms with Crippen molar-refractivity contribution >= 4 is 12.1 Å². The number of carbonyl (C=O) groups excluding carboxylic acids is 1. The molecule has 1 aliphatic rings. The second-order valence-electron chi connectivity index (χ2n) is 4.93. The molecular formula is C14H14N4O4. The second kappa shape index (κ2) is 5.84. The molecular weight excluding hydrogens is 288 g/mol. The number of rotatable bonds is 4. The van der Waals surface area contributed by atoms with Crippen LogP contribution in [-0.2, 0) is 11.3 Å². The van der Waals surface area contributed by atoms with Crippen molar-refractivity contribution in [2.75, 3.05) is 13.1 Å². The van der Waals surface area contributed by atoms with Crippen molar-refractivity contribution in [2.24, 2.45) is 0 Å². The number of likely N-dealkylation sites (tertiary alicyclic amines) is 1. The second-order valence-corrected chi connectivity index (χ2v) is 4.93. The average Bonchev–Trinajstić information content (AvgIpc) is 2.94. The minimum absolute atomic E-state index is 0.123. The summed E-state index contributed by atoms with van der Waals surface area (Å²) in [5.41, 5.74) is 0.914. The normalized spacial score (nSPS) is 14.5. The van der Waals surface area contributed by atoms with Gasteiger partial charge in [-0.2, -0.15) is 5.10 Å². The van der Waals surface area contributed by atoms with Gasteiger partial charge in [-0.1, -0.05) is 30.3 Å². The zero-order valence-corrected chi connectivity index (χ0v) is 11.6. The number of aromatic carboxylic acids is 1. The van der Waals surface area contributed by atoms with Gasteiger partial charge < -0.3 is 14.7 Å². The summed E-state index contributed by atoms with van der Waals surface area (Å²) in [4.78, 5) is 28.0. The van der Waals surface area contributed by atoms with E-state index in [-0.39, 0.29) is 18.5 Å². The van der Waals surface area contributed by atoms with Gasteiger partial charge in [-0.15, -0.1) is 0 Å². The van der Waals surface area contributed by atoms with E-state index >= 15 is 0 Å². The molecule has 1 N–H and O–H groups in total. The standard InChI is InChI=1S/C14H14N4O4/c19-13(20)12-15-9-16-18(12)11-6-17(7-11)14(21)22-8-10-4-2-1-3-5-10/h1-5,9,11H,6-8H2,(H,19,20). The van der Waals surface area contributed by atoms with Crippen molar-refractivity contribution in [1.29, 1.82) is 0 Å². The molecule has 1 amide bonds. The number of amides is 1. The number of carboxylic acid groups (broad SMARTS) is 1. The monoisotopic (exact) mass is 302 g/mol. The van der Waals surface area contributed by atoms with Crippen molar-refractivity contribution in [1.82, 2.24) is 19.7 Å². The molecule has 1 aromatic heterocycles. The molecule has 2 heterocycles. The van der Waals surface area contributed by atoms with Crippen molar-refractivity contribution in [3.05, 3.63) is 48.0 Å². The molecule has 0 atom stereocenters. The van der Waals surface area contributed by atoms with E-state index in [1.54, 1.807) is 0 Å². The van der Waals surface area contributed by atoms with E-state index in [9.17, 15) is 9.59 Å². The average molecular weight is 302 g/mol. The first kappa shape index (κ1) is 14.1. The Morgan fingerprint density at radius 3 is 2.68 bits per heavy atom. The van der Waals surface area contributed by atoms with Crippen molar-refractivity contribution in [3.8, 4) is 0 Å². The number of aromatic nitrogens is 3. The Balaban J connectivity index is 1.51. The summed E-state index contributed by atoms with van der Waals surface area (Å²) in [6.45, 7) is 0.930. The highest BCUT2D eigenvalue weighted by Gasteiger charge is 2.35. The molecule has 1 aromatic carbocycles. The molecule has 3 rings (SSSR count). The number of benzene rings is 1. The number of hydrogen-bond acceptors (Lipinski definition) is 5. The molecule has 0 saturated carbocycles. The van der Waals surface area contributed by atoms with Gasteiger partial charge in [0.05, 0.1) is 6.04 Å². The molecule has 8 nitrogen and oxygen atoms in total. The van der Waals surface area contributed by atoms with E-state index in [2.05, 4.69) is 10.1 Å². The fourth-order valence-corrected chi connectivity index (χ4v) is 2.24. The quantitative estimate of drug-likeness (QED) is 0.910. The topological polar surface area (TPSA) is 97.5 Å². The highest BCUT2D eigenvalue weighted by atomic mass is 16.6. The summed E-state index contributed by atoms with van der Waals surface area (Å²) in [6.07, 6.45) is 0.775. The number of carbonyl (C=O) groups is 2. The van der Waals surface area contributed by atoms with E-state index < -0.39 is 12.1 Å². The Bertz CT molecular complexity index is 679. The lowest BCUT2D eigenvalue weighted by molar-refractivity contribution is 0.0465. The lowest BCUT2D eigenvalue weighted by Gasteiger charge is -2.38. The van der Waals surface area contributed by atoms with E-state index in [1.165, 1.54) is 15.9 Å². The summed E-state index contributed by atoms with van der Waals surface area (Å²) in [5, 5.41) is 12.9. The molecule has 8 heteroatoms. The molecule has 0 aliphatic carbocycles. The van der Waals surface area contributed by atoms with Crippen LogP contribution in [0, 0.1) is 0 Å². The van der Waals surface area contributed by atoms with Gasteiger partial charge in [-0.3, -0.25) is 0 Å². The predicted molar refractivity (Wildman–Crippen MR) is 74.2 cm³/mol. The minimum atomic E-state index is -1.14. The molecule has 2 aromatic rings. The zero-order chi connectivity index (χ0) is 15.5. The van der Waals surface area contributed by atoms with E-state index in [0.29, 0.717) is 13.1 Å². The Hall–Kier alpha value is -2.90. The van der Waals surface area contributed by atoms with Crippen LogP contribution in [0.5, 0.6) is 0 Å². The molecule has 1 aliphatic heterocycles. The minimum Gasteiger partial charge on any atom is -0.475 e. The van der Waals surface area contributed by atoms with Gasteiger partial charge in [0.15, 0.2) is 0 Å². The van der Waals surface area contributed by atoms with Crippen LogP contribution in [0.3, 0.4) is 0 Å². The van der Waals surface area contributed by atoms with Crippen LogP contribution in [0.15, 0.2) is 36.7 Å². The maximum atomic E-state index is 11.9. The third-order valence-electron chi connectivity index (χ3n) is 3.44. The van der Waals surface area contributed by atoms with Gasteiger partial charge in [0.1, 0.15) is 12.9 Å². The number of ether oxygens (including phenoxy) is 1. The highest BCUT2D eigenvalue weighted by Crippen LogP contribution is 2.22. The largest absolute Gasteiger partial charge is 0.475 e. The Morgan fingerprint density at radius 1 is 1.27 bits per heavy atom. The smallest absolute Gasteiger partial charge is 0.410 e. The molecule has 114 valence electrons. The van der Waals surface area contributed by atoms with Crippen LogP contribution < -0.4 is 0 Å². The van der Waals surface area contributed by atoms with E-state index in [0.717, 1.165) is 5.56 Å². The van der Waals surface area contributed by atoms with Gasteiger partial charge in [0, 0.05) is 13.1 Å². The third kappa shape index (κ3) is 2.76. The summed E-state index contributed by atoms with van der Waals surface area (Å²) in [6, 6.07) is 9.21. The first-order valence-electron chi connectivity index (χ1n) is 6.73. The molecule has 0 bridgehead atoms. The van der Waals surface area contributed by atoms with Gasteiger partial charge in [-0.05, 0) is 5.56 Å². The van der Waals surface area contributed by atoms with Crippen LogP contribution in [-0.4, -0.2) is 49.9 Å². The van der Waals surface area contributed by atoms with E-state index in [1.807, 2.05) is 30.3 Å². The number of hydrogen-bond donors (Lipinski definition) is 1. The zero-order valence-electron chi connectivity index (χ0n) is 11.6. The van der Waals surface area contributed by atoms with Crippen molar-refractivity contribution < 1.29 is 19.4 Å². The maximum absolute atomic E-state index is 11.9. The summed E-state index contributed by atoms with van der Waals surface area (Å²) >= 11 is 0. The lowest BCUT2D eigenvalue weighted by atomic mass is 10.1. The van der Waals surface area contributed by atoms with Crippen LogP contribution in [0.25, 0.3) is 0 Å². The first-order chi connectivity index (χ1) is 10.6. The predicted octanol–water partition coefficient (Wildman–Crippen LogP) is 1.17. The molecule has 22 heavy (non-hydrogen) atoms. The molecule has 0 spiro atoms. The van der Waals surface area contributed by atoms with Crippen LogP contribution >= 0.6 is 0 Å². The fraction of sp³-hybridized carbons (Fsp3) is 0.286. The maximum Gasteiger partial charge on any atom is 0.410 e. The third-order valence-corrected chi connectivity index (χ3v) is 3.44. The molecule has 1 saturated heterocycles. The van der Waals surface area contributed by atoms with Crippen LogP contribution in [0.1, 0.15) is 22.2 Å². The first-order valence-corrected chi connectivity index (χ1v) is 6.73. The van der Waals surface area contributed by atoms with Gasteiger partial charge in [0.25, 0.3) is 0 Å². The number of carboxylic acids is 1. The molecule has 0 radical (unpaired) electrons. The van der Waals surface area contributed by atoms with Gasteiger partial charge in [-0.25, -0.2) is 19.3 Å².